The first-order valence-corrected chi connectivity index (χ1v) is 8.29. The molecule has 0 radical (unpaired) electrons. The van der Waals surface area contributed by atoms with Gasteiger partial charge in [0, 0.05) is 38.3 Å². The second-order valence-electron chi connectivity index (χ2n) is 6.35. The number of hydrogen-bond acceptors (Lipinski definition) is 6. The third-order valence-electron chi connectivity index (χ3n) is 3.66. The zero-order chi connectivity index (χ0) is 17.8. The van der Waals surface area contributed by atoms with Crippen LogP contribution < -0.4 is 10.2 Å². The molecule has 25 heavy (non-hydrogen) atoms. The predicted octanol–water partition coefficient (Wildman–Crippen LogP) is 2.86. The van der Waals surface area contributed by atoms with Crippen molar-refractivity contribution in [1.82, 2.24) is 24.7 Å². The summed E-state index contributed by atoms with van der Waals surface area (Å²) in [5.74, 6) is 2.25. The van der Waals surface area contributed by atoms with Gasteiger partial charge >= 0.3 is 0 Å². The fourth-order valence-electron chi connectivity index (χ4n) is 2.27. The SMILES string of the molecule is CC(C)c1nc(NCc2cnn(-c3ccccc3)c2)nc(N(C)C)n1. The quantitative estimate of drug-likeness (QED) is 0.746. The van der Waals surface area contributed by atoms with Gasteiger partial charge in [0.1, 0.15) is 5.82 Å². The van der Waals surface area contributed by atoms with E-state index in [9.17, 15) is 0 Å². The molecule has 7 nitrogen and oxygen atoms in total. The fourth-order valence-corrected chi connectivity index (χ4v) is 2.27. The molecule has 2 heterocycles. The van der Waals surface area contributed by atoms with Crippen molar-refractivity contribution < 1.29 is 0 Å². The van der Waals surface area contributed by atoms with Crippen molar-refractivity contribution in [2.45, 2.75) is 26.3 Å². The van der Waals surface area contributed by atoms with Crippen LogP contribution in [-0.2, 0) is 6.54 Å². The third kappa shape index (κ3) is 4.12. The molecule has 0 fully saturated rings. The minimum absolute atomic E-state index is 0.239. The van der Waals surface area contributed by atoms with E-state index < -0.39 is 0 Å². The zero-order valence-electron chi connectivity index (χ0n) is 15.0. The first-order valence-electron chi connectivity index (χ1n) is 8.29. The molecule has 7 heteroatoms. The summed E-state index contributed by atoms with van der Waals surface area (Å²) in [7, 11) is 3.85. The van der Waals surface area contributed by atoms with Gasteiger partial charge in [-0.25, -0.2) is 4.68 Å². The van der Waals surface area contributed by atoms with Gasteiger partial charge in [0.05, 0.1) is 11.9 Å². The normalized spacial score (nSPS) is 10.9. The highest BCUT2D eigenvalue weighted by molar-refractivity contribution is 5.37. The number of anilines is 2. The van der Waals surface area contributed by atoms with Crippen LogP contribution in [0, 0.1) is 0 Å². The summed E-state index contributed by atoms with van der Waals surface area (Å²) in [4.78, 5) is 15.3. The van der Waals surface area contributed by atoms with Crippen molar-refractivity contribution in [1.29, 1.82) is 0 Å². The van der Waals surface area contributed by atoms with E-state index in [1.165, 1.54) is 0 Å². The molecule has 0 aliphatic carbocycles. The average molecular weight is 337 g/mol. The molecule has 0 saturated heterocycles. The van der Waals surface area contributed by atoms with Gasteiger partial charge in [0.2, 0.25) is 11.9 Å². The molecule has 0 aliphatic heterocycles. The maximum atomic E-state index is 4.51. The molecule has 3 rings (SSSR count). The van der Waals surface area contributed by atoms with Gasteiger partial charge in [-0.15, -0.1) is 0 Å². The highest BCUT2D eigenvalue weighted by Crippen LogP contribution is 2.16. The van der Waals surface area contributed by atoms with Crippen LogP contribution in [0.5, 0.6) is 0 Å². The Balaban J connectivity index is 1.74. The van der Waals surface area contributed by atoms with Crippen LogP contribution in [0.4, 0.5) is 11.9 Å². The summed E-state index contributed by atoms with van der Waals surface area (Å²) in [5, 5.41) is 7.68. The number of aromatic nitrogens is 5. The third-order valence-corrected chi connectivity index (χ3v) is 3.66. The molecular formula is C18H23N7. The predicted molar refractivity (Wildman–Crippen MR) is 99.1 cm³/mol. The van der Waals surface area contributed by atoms with Gasteiger partial charge in [0.15, 0.2) is 0 Å². The molecule has 0 spiro atoms. The molecule has 2 aromatic heterocycles. The lowest BCUT2D eigenvalue weighted by Gasteiger charge is -2.14. The number of nitrogens with zero attached hydrogens (tertiary/aromatic N) is 6. The Morgan fingerprint density at radius 1 is 1.08 bits per heavy atom. The summed E-state index contributed by atoms with van der Waals surface area (Å²) < 4.78 is 1.86. The zero-order valence-corrected chi connectivity index (χ0v) is 15.0. The Labute approximate surface area is 147 Å². The minimum Gasteiger partial charge on any atom is -0.350 e. The standard InChI is InChI=1S/C18H23N7/c1-13(2)16-21-17(23-18(22-16)24(3)4)19-10-14-11-20-25(12-14)15-8-6-5-7-9-15/h5-9,11-13H,10H2,1-4H3,(H,19,21,22,23). The van der Waals surface area contributed by atoms with E-state index >= 15 is 0 Å². The van der Waals surface area contributed by atoms with Crippen LogP contribution >= 0.6 is 0 Å². The molecule has 0 unspecified atom stereocenters. The lowest BCUT2D eigenvalue weighted by atomic mass is 10.2. The van der Waals surface area contributed by atoms with Crippen molar-refractivity contribution in [3.05, 3.63) is 54.1 Å². The van der Waals surface area contributed by atoms with E-state index in [-0.39, 0.29) is 5.92 Å². The van der Waals surface area contributed by atoms with E-state index in [1.54, 1.807) is 0 Å². The second kappa shape index (κ2) is 7.29. The summed E-state index contributed by atoms with van der Waals surface area (Å²) in [5.41, 5.74) is 2.09. The summed E-state index contributed by atoms with van der Waals surface area (Å²) in [6, 6.07) is 10.0. The number of rotatable bonds is 6. The van der Waals surface area contributed by atoms with Gasteiger partial charge in [-0.1, -0.05) is 32.0 Å². The van der Waals surface area contributed by atoms with Crippen LogP contribution in [0.3, 0.4) is 0 Å². The average Bonchev–Trinajstić information content (AvgIpc) is 3.09. The van der Waals surface area contributed by atoms with Crippen LogP contribution in [-0.4, -0.2) is 38.8 Å². The first kappa shape index (κ1) is 16.9. The van der Waals surface area contributed by atoms with Crippen molar-refractivity contribution in [2.24, 2.45) is 0 Å². The Morgan fingerprint density at radius 2 is 1.84 bits per heavy atom. The maximum Gasteiger partial charge on any atom is 0.229 e. The molecule has 0 saturated carbocycles. The number of hydrogen-bond donors (Lipinski definition) is 1. The Hall–Kier alpha value is -2.96. The summed E-state index contributed by atoms with van der Waals surface area (Å²) in [6.07, 6.45) is 3.84. The van der Waals surface area contributed by atoms with E-state index in [4.69, 9.17) is 0 Å². The second-order valence-corrected chi connectivity index (χ2v) is 6.35. The topological polar surface area (TPSA) is 71.8 Å². The van der Waals surface area contributed by atoms with Crippen molar-refractivity contribution >= 4 is 11.9 Å². The van der Waals surface area contributed by atoms with Gasteiger partial charge in [-0.3, -0.25) is 0 Å². The molecule has 1 N–H and O–H groups in total. The molecule has 1 aromatic carbocycles. The van der Waals surface area contributed by atoms with Crippen LogP contribution in [0.2, 0.25) is 0 Å². The molecule has 0 bridgehead atoms. The van der Waals surface area contributed by atoms with Gasteiger partial charge in [0.25, 0.3) is 0 Å². The molecule has 0 atom stereocenters. The fraction of sp³-hybridized carbons (Fsp3) is 0.333. The van der Waals surface area contributed by atoms with Crippen molar-refractivity contribution in [2.75, 3.05) is 24.3 Å². The van der Waals surface area contributed by atoms with Gasteiger partial charge in [-0.2, -0.15) is 20.1 Å². The Morgan fingerprint density at radius 3 is 2.52 bits per heavy atom. The highest BCUT2D eigenvalue weighted by atomic mass is 15.3. The van der Waals surface area contributed by atoms with Crippen molar-refractivity contribution in [3.8, 4) is 5.69 Å². The van der Waals surface area contributed by atoms with Gasteiger partial charge in [-0.05, 0) is 12.1 Å². The summed E-state index contributed by atoms with van der Waals surface area (Å²) in [6.45, 7) is 4.74. The highest BCUT2D eigenvalue weighted by Gasteiger charge is 2.11. The molecule has 0 amide bonds. The Bertz CT molecular complexity index is 798. The van der Waals surface area contributed by atoms with Gasteiger partial charge < -0.3 is 10.2 Å². The molecule has 3 aromatic rings. The number of para-hydroxylation sites is 1. The lowest BCUT2D eigenvalue weighted by molar-refractivity contribution is 0.754. The smallest absolute Gasteiger partial charge is 0.229 e. The van der Waals surface area contributed by atoms with E-state index in [0.717, 1.165) is 17.1 Å². The van der Waals surface area contributed by atoms with E-state index in [1.807, 2.05) is 66.4 Å². The largest absolute Gasteiger partial charge is 0.350 e. The minimum atomic E-state index is 0.239. The first-order chi connectivity index (χ1) is 12.0. The van der Waals surface area contributed by atoms with Crippen LogP contribution in [0.1, 0.15) is 31.2 Å². The Kier molecular flexibility index (Phi) is 4.92. The summed E-state index contributed by atoms with van der Waals surface area (Å²) >= 11 is 0. The van der Waals surface area contributed by atoms with E-state index in [2.05, 4.69) is 39.2 Å². The molecular weight excluding hydrogens is 314 g/mol. The molecule has 0 aliphatic rings. The van der Waals surface area contributed by atoms with Crippen molar-refractivity contribution in [3.63, 3.8) is 0 Å². The monoisotopic (exact) mass is 337 g/mol. The van der Waals surface area contributed by atoms with E-state index in [0.29, 0.717) is 18.4 Å². The van der Waals surface area contributed by atoms with Crippen LogP contribution in [0.15, 0.2) is 42.7 Å². The maximum absolute atomic E-state index is 4.51. The molecule has 130 valence electrons. The lowest BCUT2D eigenvalue weighted by Crippen LogP contribution is -2.17. The van der Waals surface area contributed by atoms with Crippen LogP contribution in [0.25, 0.3) is 5.69 Å². The number of benzene rings is 1. The number of nitrogens with one attached hydrogen (secondary N) is 1.